The Morgan fingerprint density at radius 1 is 1.16 bits per heavy atom. The van der Waals surface area contributed by atoms with Crippen LogP contribution in [0.4, 0.5) is 5.69 Å². The van der Waals surface area contributed by atoms with Gasteiger partial charge in [-0.2, -0.15) is 0 Å². The molecule has 1 saturated carbocycles. The normalized spacial score (nSPS) is 20.0. The monoisotopic (exact) mass is 280 g/mol. The van der Waals surface area contributed by atoms with Gasteiger partial charge in [0.1, 0.15) is 0 Å². The Morgan fingerprint density at radius 3 is 2.74 bits per heavy atom. The Labute approximate surface area is 114 Å². The molecule has 1 aliphatic heterocycles. The fraction of sp³-hybridized carbons (Fsp3) is 0.571. The van der Waals surface area contributed by atoms with Gasteiger partial charge in [0.15, 0.2) is 0 Å². The average Bonchev–Trinajstić information content (AvgIpc) is 2.90. The van der Waals surface area contributed by atoms with Crippen LogP contribution in [0, 0.1) is 0 Å². The van der Waals surface area contributed by atoms with Crippen molar-refractivity contribution in [2.24, 2.45) is 0 Å². The third kappa shape index (κ3) is 2.77. The molecular formula is C14H20N2O2S. The van der Waals surface area contributed by atoms with Gasteiger partial charge in [0.05, 0.1) is 4.90 Å². The van der Waals surface area contributed by atoms with E-state index in [2.05, 4.69) is 10.0 Å². The van der Waals surface area contributed by atoms with Gasteiger partial charge < -0.3 is 5.32 Å². The number of sulfonamides is 1. The molecule has 2 N–H and O–H groups in total. The highest BCUT2D eigenvalue weighted by Crippen LogP contribution is 2.26. The lowest BCUT2D eigenvalue weighted by Gasteiger charge is -2.19. The summed E-state index contributed by atoms with van der Waals surface area (Å²) in [6, 6.07) is 5.53. The Kier molecular flexibility index (Phi) is 3.50. The first-order valence-corrected chi connectivity index (χ1v) is 8.53. The van der Waals surface area contributed by atoms with E-state index in [1.807, 2.05) is 12.1 Å². The van der Waals surface area contributed by atoms with E-state index >= 15 is 0 Å². The second-order valence-electron chi connectivity index (χ2n) is 5.45. The van der Waals surface area contributed by atoms with Crippen molar-refractivity contribution < 1.29 is 8.42 Å². The Hall–Kier alpha value is -1.07. The number of fused-ring (bicyclic) bond motifs is 1. The topological polar surface area (TPSA) is 58.2 Å². The predicted octanol–water partition coefficient (Wildman–Crippen LogP) is 2.27. The summed E-state index contributed by atoms with van der Waals surface area (Å²) in [5.74, 6) is 0. The number of benzene rings is 1. The first-order valence-electron chi connectivity index (χ1n) is 7.04. The second kappa shape index (κ2) is 5.13. The van der Waals surface area contributed by atoms with Gasteiger partial charge in [-0.25, -0.2) is 13.1 Å². The summed E-state index contributed by atoms with van der Waals surface area (Å²) in [6.07, 6.45) is 6.20. The SMILES string of the molecule is O=S(=O)(NC1CCCC1)c1ccc2c(c1)CCCN2. The molecule has 104 valence electrons. The van der Waals surface area contributed by atoms with Crippen LogP contribution in [0.25, 0.3) is 0 Å². The highest BCUT2D eigenvalue weighted by atomic mass is 32.2. The van der Waals surface area contributed by atoms with E-state index in [4.69, 9.17) is 0 Å². The maximum absolute atomic E-state index is 12.3. The van der Waals surface area contributed by atoms with Crippen molar-refractivity contribution in [3.8, 4) is 0 Å². The minimum atomic E-state index is -3.35. The van der Waals surface area contributed by atoms with E-state index in [0.717, 1.165) is 56.3 Å². The molecule has 2 aliphatic rings. The van der Waals surface area contributed by atoms with Gasteiger partial charge in [-0.1, -0.05) is 12.8 Å². The van der Waals surface area contributed by atoms with E-state index < -0.39 is 10.0 Å². The van der Waals surface area contributed by atoms with Gasteiger partial charge in [0, 0.05) is 18.3 Å². The van der Waals surface area contributed by atoms with Gasteiger partial charge in [0.25, 0.3) is 0 Å². The predicted molar refractivity (Wildman–Crippen MR) is 75.8 cm³/mol. The third-order valence-corrected chi connectivity index (χ3v) is 5.52. The summed E-state index contributed by atoms with van der Waals surface area (Å²) in [5.41, 5.74) is 2.19. The van der Waals surface area contributed by atoms with E-state index in [0.29, 0.717) is 4.90 Å². The summed E-state index contributed by atoms with van der Waals surface area (Å²) in [4.78, 5) is 0.404. The molecule has 4 nitrogen and oxygen atoms in total. The molecular weight excluding hydrogens is 260 g/mol. The largest absolute Gasteiger partial charge is 0.385 e. The van der Waals surface area contributed by atoms with Gasteiger partial charge >= 0.3 is 0 Å². The van der Waals surface area contributed by atoms with Crippen LogP contribution >= 0.6 is 0 Å². The summed E-state index contributed by atoms with van der Waals surface area (Å²) >= 11 is 0. The molecule has 0 bridgehead atoms. The Balaban J connectivity index is 1.84. The molecule has 0 amide bonds. The van der Waals surface area contributed by atoms with Crippen LogP contribution in [-0.2, 0) is 16.4 Å². The van der Waals surface area contributed by atoms with Gasteiger partial charge in [0.2, 0.25) is 10.0 Å². The summed E-state index contributed by atoms with van der Waals surface area (Å²) < 4.78 is 27.5. The van der Waals surface area contributed by atoms with Crippen molar-refractivity contribution in [1.29, 1.82) is 0 Å². The molecule has 1 fully saturated rings. The number of nitrogens with one attached hydrogen (secondary N) is 2. The quantitative estimate of drug-likeness (QED) is 0.893. The van der Waals surface area contributed by atoms with Crippen LogP contribution < -0.4 is 10.0 Å². The number of anilines is 1. The summed E-state index contributed by atoms with van der Waals surface area (Å²) in [5, 5.41) is 3.30. The molecule has 3 rings (SSSR count). The average molecular weight is 280 g/mol. The summed E-state index contributed by atoms with van der Waals surface area (Å²) in [6.45, 7) is 0.972. The van der Waals surface area contributed by atoms with E-state index in [1.165, 1.54) is 0 Å². The van der Waals surface area contributed by atoms with Gasteiger partial charge in [-0.05, 0) is 49.4 Å². The fourth-order valence-electron chi connectivity index (χ4n) is 2.95. The van der Waals surface area contributed by atoms with Gasteiger partial charge in [-0.3, -0.25) is 0 Å². The lowest BCUT2D eigenvalue weighted by molar-refractivity contribution is 0.552. The highest BCUT2D eigenvalue weighted by molar-refractivity contribution is 7.89. The van der Waals surface area contributed by atoms with Crippen LogP contribution in [0.2, 0.25) is 0 Å². The molecule has 19 heavy (non-hydrogen) atoms. The lowest BCUT2D eigenvalue weighted by Crippen LogP contribution is -2.32. The number of aryl methyl sites for hydroxylation is 1. The van der Waals surface area contributed by atoms with E-state index in [-0.39, 0.29) is 6.04 Å². The highest BCUT2D eigenvalue weighted by Gasteiger charge is 2.23. The van der Waals surface area contributed by atoms with Crippen molar-refractivity contribution in [3.05, 3.63) is 23.8 Å². The van der Waals surface area contributed by atoms with Crippen LogP contribution in [0.1, 0.15) is 37.7 Å². The Morgan fingerprint density at radius 2 is 1.95 bits per heavy atom. The molecule has 0 spiro atoms. The van der Waals surface area contributed by atoms with Crippen LogP contribution in [0.5, 0.6) is 0 Å². The Bertz CT molecular complexity index is 563. The molecule has 1 heterocycles. The summed E-state index contributed by atoms with van der Waals surface area (Å²) in [7, 11) is -3.35. The van der Waals surface area contributed by atoms with Crippen LogP contribution in [0.3, 0.4) is 0 Å². The van der Waals surface area contributed by atoms with Crippen LogP contribution in [-0.4, -0.2) is 21.0 Å². The zero-order chi connectivity index (χ0) is 13.3. The molecule has 1 aromatic carbocycles. The molecule has 0 saturated heterocycles. The van der Waals surface area contributed by atoms with Crippen molar-refractivity contribution in [1.82, 2.24) is 4.72 Å². The second-order valence-corrected chi connectivity index (χ2v) is 7.17. The van der Waals surface area contributed by atoms with Crippen LogP contribution in [0.15, 0.2) is 23.1 Å². The fourth-order valence-corrected chi connectivity index (χ4v) is 4.30. The zero-order valence-electron chi connectivity index (χ0n) is 11.0. The lowest BCUT2D eigenvalue weighted by atomic mass is 10.0. The van der Waals surface area contributed by atoms with Crippen molar-refractivity contribution in [2.75, 3.05) is 11.9 Å². The molecule has 0 aromatic heterocycles. The number of hydrogen-bond acceptors (Lipinski definition) is 3. The number of rotatable bonds is 3. The van der Waals surface area contributed by atoms with Crippen molar-refractivity contribution in [3.63, 3.8) is 0 Å². The first-order chi connectivity index (χ1) is 9.15. The minimum absolute atomic E-state index is 0.124. The molecule has 0 unspecified atom stereocenters. The van der Waals surface area contributed by atoms with E-state index in [1.54, 1.807) is 6.07 Å². The zero-order valence-corrected chi connectivity index (χ0v) is 11.8. The van der Waals surface area contributed by atoms with Crippen molar-refractivity contribution >= 4 is 15.7 Å². The minimum Gasteiger partial charge on any atom is -0.385 e. The maximum atomic E-state index is 12.3. The molecule has 5 heteroatoms. The molecule has 1 aliphatic carbocycles. The maximum Gasteiger partial charge on any atom is 0.240 e. The third-order valence-electron chi connectivity index (χ3n) is 4.00. The first kappa shape index (κ1) is 12.9. The smallest absolute Gasteiger partial charge is 0.240 e. The standard InChI is InChI=1S/C14H20N2O2S/c17-19(18,16-12-5-1-2-6-12)13-7-8-14-11(10-13)4-3-9-15-14/h7-8,10,12,15-16H,1-6,9H2. The molecule has 0 atom stereocenters. The van der Waals surface area contributed by atoms with Crippen molar-refractivity contribution in [2.45, 2.75) is 49.5 Å². The van der Waals surface area contributed by atoms with Gasteiger partial charge in [-0.15, -0.1) is 0 Å². The molecule has 0 radical (unpaired) electrons. The number of hydrogen-bond donors (Lipinski definition) is 2. The van der Waals surface area contributed by atoms with E-state index in [9.17, 15) is 8.42 Å². The molecule has 1 aromatic rings.